The Hall–Kier alpha value is -3.42. The summed E-state index contributed by atoms with van der Waals surface area (Å²) in [6.07, 6.45) is -0.642. The summed E-state index contributed by atoms with van der Waals surface area (Å²) in [5, 5.41) is 13.1. The Balaban J connectivity index is 1.96. The predicted molar refractivity (Wildman–Crippen MR) is 92.4 cm³/mol. The lowest BCUT2D eigenvalue weighted by Crippen LogP contribution is -2.43. The van der Waals surface area contributed by atoms with Crippen LogP contribution >= 0.6 is 0 Å². The quantitative estimate of drug-likeness (QED) is 0.463. The number of hydrogen-bond acceptors (Lipinski definition) is 6. The molecule has 0 aliphatic heterocycles. The Kier molecular flexibility index (Phi) is 6.67. The molecule has 1 N–H and O–H groups in total. The smallest absolute Gasteiger partial charge is 0.408 e. The largest absolute Gasteiger partial charge is 0.467 e. The van der Waals surface area contributed by atoms with Crippen molar-refractivity contribution in [2.24, 2.45) is 0 Å². The van der Waals surface area contributed by atoms with Gasteiger partial charge in [-0.15, -0.1) is 0 Å². The molecule has 1 amide bonds. The van der Waals surface area contributed by atoms with Crippen molar-refractivity contribution in [3.05, 3.63) is 75.8 Å². The molecule has 8 nitrogen and oxygen atoms in total. The van der Waals surface area contributed by atoms with Gasteiger partial charge in [0.2, 0.25) is 0 Å². The van der Waals surface area contributed by atoms with Gasteiger partial charge in [0.1, 0.15) is 12.6 Å². The number of hydrogen-bond donors (Lipinski definition) is 1. The molecular formula is C18H18N2O6. The number of amides is 1. The number of nitro benzene ring substituents is 1. The van der Waals surface area contributed by atoms with Gasteiger partial charge in [-0.2, -0.15) is 0 Å². The van der Waals surface area contributed by atoms with Gasteiger partial charge in [-0.05, 0) is 11.1 Å². The molecule has 0 bridgehead atoms. The van der Waals surface area contributed by atoms with E-state index in [1.165, 1.54) is 31.4 Å². The number of benzene rings is 2. The van der Waals surface area contributed by atoms with Crippen molar-refractivity contribution < 1.29 is 24.0 Å². The van der Waals surface area contributed by atoms with Crippen LogP contribution in [-0.2, 0) is 27.3 Å². The first-order valence-electron chi connectivity index (χ1n) is 7.78. The van der Waals surface area contributed by atoms with E-state index in [0.717, 1.165) is 5.56 Å². The number of ether oxygens (including phenoxy) is 2. The molecule has 2 rings (SSSR count). The number of esters is 1. The minimum Gasteiger partial charge on any atom is -0.467 e. The van der Waals surface area contributed by atoms with Crippen LogP contribution in [0.25, 0.3) is 0 Å². The molecule has 0 aliphatic carbocycles. The summed E-state index contributed by atoms with van der Waals surface area (Å²) in [6.45, 7) is 0.0676. The summed E-state index contributed by atoms with van der Waals surface area (Å²) in [5.41, 5.74) is 1.39. The summed E-state index contributed by atoms with van der Waals surface area (Å²) in [6, 6.07) is 13.8. The van der Waals surface area contributed by atoms with E-state index in [2.05, 4.69) is 5.32 Å². The van der Waals surface area contributed by atoms with E-state index in [1.807, 2.05) is 30.3 Å². The Morgan fingerprint density at radius 2 is 1.73 bits per heavy atom. The summed E-state index contributed by atoms with van der Waals surface area (Å²) >= 11 is 0. The van der Waals surface area contributed by atoms with E-state index in [1.54, 1.807) is 0 Å². The maximum Gasteiger partial charge on any atom is 0.408 e. The second-order valence-corrected chi connectivity index (χ2v) is 5.41. The summed E-state index contributed by atoms with van der Waals surface area (Å²) in [7, 11) is 1.21. The maximum absolute atomic E-state index is 12.0. The number of carbonyl (C=O) groups is 2. The minimum absolute atomic E-state index is 0.0569. The Labute approximate surface area is 149 Å². The molecule has 0 radical (unpaired) electrons. The van der Waals surface area contributed by atoms with Crippen molar-refractivity contribution in [3.8, 4) is 0 Å². The third-order valence-corrected chi connectivity index (χ3v) is 3.58. The van der Waals surface area contributed by atoms with Gasteiger partial charge >= 0.3 is 12.1 Å². The van der Waals surface area contributed by atoms with Crippen LogP contribution in [-0.4, -0.2) is 30.1 Å². The van der Waals surface area contributed by atoms with E-state index < -0.39 is 23.0 Å². The SMILES string of the molecule is COC(=O)[C@@H](Cc1ccc([N+](=O)[O-])cc1)NC(=O)OCc1ccccc1. The number of non-ortho nitro benzene ring substituents is 1. The van der Waals surface area contributed by atoms with Gasteiger partial charge in [0, 0.05) is 18.6 Å². The van der Waals surface area contributed by atoms with E-state index in [4.69, 9.17) is 9.47 Å². The molecule has 26 heavy (non-hydrogen) atoms. The van der Waals surface area contributed by atoms with Gasteiger partial charge in [0.25, 0.3) is 5.69 Å². The number of nitrogens with zero attached hydrogens (tertiary/aromatic N) is 1. The molecule has 2 aromatic rings. The molecule has 0 unspecified atom stereocenters. The van der Waals surface area contributed by atoms with Gasteiger partial charge in [-0.25, -0.2) is 9.59 Å². The van der Waals surface area contributed by atoms with Crippen LogP contribution < -0.4 is 5.32 Å². The first kappa shape index (κ1) is 18.9. The summed E-state index contributed by atoms with van der Waals surface area (Å²) in [5.74, 6) is -0.639. The summed E-state index contributed by atoms with van der Waals surface area (Å²) in [4.78, 5) is 34.0. The van der Waals surface area contributed by atoms with E-state index in [9.17, 15) is 19.7 Å². The van der Waals surface area contributed by atoms with Crippen LogP contribution in [0.3, 0.4) is 0 Å². The molecule has 0 saturated carbocycles. The van der Waals surface area contributed by atoms with Crippen molar-refractivity contribution in [1.82, 2.24) is 5.32 Å². The van der Waals surface area contributed by atoms with E-state index in [-0.39, 0.29) is 18.7 Å². The second kappa shape index (κ2) is 9.16. The Bertz CT molecular complexity index is 761. The van der Waals surface area contributed by atoms with Gasteiger partial charge in [-0.3, -0.25) is 10.1 Å². The zero-order valence-corrected chi connectivity index (χ0v) is 14.1. The fourth-order valence-electron chi connectivity index (χ4n) is 2.23. The highest BCUT2D eigenvalue weighted by atomic mass is 16.6. The highest BCUT2D eigenvalue weighted by Gasteiger charge is 2.23. The topological polar surface area (TPSA) is 108 Å². The third kappa shape index (κ3) is 5.59. The van der Waals surface area contributed by atoms with Crippen LogP contribution in [0.15, 0.2) is 54.6 Å². The van der Waals surface area contributed by atoms with E-state index in [0.29, 0.717) is 5.56 Å². The normalized spacial score (nSPS) is 11.3. The lowest BCUT2D eigenvalue weighted by Gasteiger charge is -2.16. The van der Waals surface area contributed by atoms with Crippen LogP contribution in [0, 0.1) is 10.1 Å². The predicted octanol–water partition coefficient (Wildman–Crippen LogP) is 2.61. The van der Waals surface area contributed by atoms with Crippen molar-refractivity contribution in [1.29, 1.82) is 0 Å². The number of nitro groups is 1. The van der Waals surface area contributed by atoms with Crippen molar-refractivity contribution >= 4 is 17.7 Å². The molecule has 136 valence electrons. The second-order valence-electron chi connectivity index (χ2n) is 5.41. The zero-order chi connectivity index (χ0) is 18.9. The molecule has 0 aromatic heterocycles. The minimum atomic E-state index is -0.968. The van der Waals surface area contributed by atoms with Crippen LogP contribution in [0.1, 0.15) is 11.1 Å². The fraction of sp³-hybridized carbons (Fsp3) is 0.222. The summed E-state index contributed by atoms with van der Waals surface area (Å²) < 4.78 is 9.79. The average molecular weight is 358 g/mol. The van der Waals surface area contributed by atoms with Crippen molar-refractivity contribution in [2.45, 2.75) is 19.1 Å². The molecule has 0 spiro atoms. The zero-order valence-electron chi connectivity index (χ0n) is 14.1. The molecule has 1 atom stereocenters. The molecule has 0 aliphatic rings. The number of methoxy groups -OCH3 is 1. The Morgan fingerprint density at radius 1 is 1.08 bits per heavy atom. The average Bonchev–Trinajstić information content (AvgIpc) is 2.66. The first-order chi connectivity index (χ1) is 12.5. The third-order valence-electron chi connectivity index (χ3n) is 3.58. The van der Waals surface area contributed by atoms with Gasteiger partial charge in [-0.1, -0.05) is 42.5 Å². The Morgan fingerprint density at radius 3 is 2.31 bits per heavy atom. The first-order valence-corrected chi connectivity index (χ1v) is 7.78. The van der Waals surface area contributed by atoms with Crippen LogP contribution in [0.4, 0.5) is 10.5 Å². The highest BCUT2D eigenvalue weighted by molar-refractivity contribution is 5.81. The van der Waals surface area contributed by atoms with Crippen LogP contribution in [0.2, 0.25) is 0 Å². The standard InChI is InChI=1S/C18H18N2O6/c1-25-17(21)16(11-13-7-9-15(10-8-13)20(23)24)19-18(22)26-12-14-5-3-2-4-6-14/h2-10,16H,11-12H2,1H3,(H,19,22)/t16-/m1/s1. The maximum atomic E-state index is 12.0. The van der Waals surface area contributed by atoms with Gasteiger partial charge < -0.3 is 14.8 Å². The molecule has 0 saturated heterocycles. The molecular weight excluding hydrogens is 340 g/mol. The van der Waals surface area contributed by atoms with Crippen molar-refractivity contribution in [3.63, 3.8) is 0 Å². The van der Waals surface area contributed by atoms with Gasteiger partial charge in [0.05, 0.1) is 12.0 Å². The number of alkyl carbamates (subject to hydrolysis) is 1. The molecule has 0 fully saturated rings. The van der Waals surface area contributed by atoms with Gasteiger partial charge in [0.15, 0.2) is 0 Å². The lowest BCUT2D eigenvalue weighted by molar-refractivity contribution is -0.384. The number of nitrogens with one attached hydrogen (secondary N) is 1. The monoisotopic (exact) mass is 358 g/mol. The van der Waals surface area contributed by atoms with Crippen molar-refractivity contribution in [2.75, 3.05) is 7.11 Å². The molecule has 0 heterocycles. The highest BCUT2D eigenvalue weighted by Crippen LogP contribution is 2.13. The number of carbonyl (C=O) groups excluding carboxylic acids is 2. The molecule has 2 aromatic carbocycles. The van der Waals surface area contributed by atoms with E-state index >= 15 is 0 Å². The lowest BCUT2D eigenvalue weighted by atomic mass is 10.1. The molecule has 8 heteroatoms. The number of rotatable bonds is 7. The fourth-order valence-corrected chi connectivity index (χ4v) is 2.23. The van der Waals surface area contributed by atoms with Crippen LogP contribution in [0.5, 0.6) is 0 Å².